The van der Waals surface area contributed by atoms with Gasteiger partial charge in [-0.3, -0.25) is 9.20 Å². The average Bonchev–Trinajstić information content (AvgIpc) is 3.15. The fourth-order valence-electron chi connectivity index (χ4n) is 2.83. The van der Waals surface area contributed by atoms with Crippen LogP contribution in [0.25, 0.3) is 5.65 Å². The van der Waals surface area contributed by atoms with Crippen LogP contribution in [-0.4, -0.2) is 25.5 Å². The van der Waals surface area contributed by atoms with Crippen LogP contribution in [0.3, 0.4) is 0 Å². The average molecular weight is 422 g/mol. The Morgan fingerprint density at radius 3 is 2.87 bits per heavy atom. The number of pyridine rings is 2. The van der Waals surface area contributed by atoms with Crippen LogP contribution in [-0.2, 0) is 17.1 Å². The lowest BCUT2D eigenvalue weighted by molar-refractivity contribution is 0.0462. The Kier molecular flexibility index (Phi) is 5.62. The van der Waals surface area contributed by atoms with Crippen molar-refractivity contribution in [2.24, 2.45) is 0 Å². The predicted octanol–water partition coefficient (Wildman–Crippen LogP) is 3.34. The van der Waals surface area contributed by atoms with Gasteiger partial charge in [0.25, 0.3) is 5.56 Å². The maximum absolute atomic E-state index is 12.6. The molecule has 0 unspecified atom stereocenters. The molecule has 0 aliphatic carbocycles. The van der Waals surface area contributed by atoms with Crippen molar-refractivity contribution in [3.63, 3.8) is 0 Å². The van der Waals surface area contributed by atoms with Crippen molar-refractivity contribution in [3.05, 3.63) is 87.4 Å². The van der Waals surface area contributed by atoms with Gasteiger partial charge in [0.2, 0.25) is 0 Å². The highest BCUT2D eigenvalue weighted by molar-refractivity contribution is 7.98. The molecule has 8 nitrogen and oxygen atoms in total. The Morgan fingerprint density at radius 2 is 2.07 bits per heavy atom. The highest BCUT2D eigenvalue weighted by Gasteiger charge is 2.16. The molecule has 0 N–H and O–H groups in total. The zero-order valence-corrected chi connectivity index (χ0v) is 17.2. The molecule has 9 heteroatoms. The fraction of sp³-hybridized carbons (Fsp3) is 0.190. The first-order valence-electron chi connectivity index (χ1n) is 9.16. The third kappa shape index (κ3) is 4.41. The molecule has 0 saturated heterocycles. The molecule has 0 atom stereocenters. The van der Waals surface area contributed by atoms with E-state index in [2.05, 4.69) is 15.1 Å². The largest absolute Gasteiger partial charge is 0.456 e. The van der Waals surface area contributed by atoms with Gasteiger partial charge in [-0.2, -0.15) is 0 Å². The summed E-state index contributed by atoms with van der Waals surface area (Å²) >= 11 is 1.37. The van der Waals surface area contributed by atoms with E-state index in [1.807, 2.05) is 26.0 Å². The number of hydrogen-bond donors (Lipinski definition) is 0. The van der Waals surface area contributed by atoms with Gasteiger partial charge >= 0.3 is 5.97 Å². The van der Waals surface area contributed by atoms with Crippen LogP contribution in [0.4, 0.5) is 0 Å². The number of aryl methyl sites for hydroxylation is 2. The molecular weight excluding hydrogens is 404 g/mol. The van der Waals surface area contributed by atoms with Crippen LogP contribution in [0.15, 0.2) is 63.1 Å². The van der Waals surface area contributed by atoms with E-state index in [9.17, 15) is 9.59 Å². The van der Waals surface area contributed by atoms with E-state index in [4.69, 9.17) is 9.26 Å². The molecule has 152 valence electrons. The second kappa shape index (κ2) is 8.50. The second-order valence-corrected chi connectivity index (χ2v) is 7.63. The molecule has 0 aliphatic rings. The summed E-state index contributed by atoms with van der Waals surface area (Å²) < 4.78 is 11.9. The van der Waals surface area contributed by atoms with Crippen molar-refractivity contribution >= 4 is 23.4 Å². The summed E-state index contributed by atoms with van der Waals surface area (Å²) in [5.74, 6) is 0.699. The molecule has 4 aromatic rings. The third-order valence-corrected chi connectivity index (χ3v) is 5.29. The third-order valence-electron chi connectivity index (χ3n) is 4.25. The summed E-state index contributed by atoms with van der Waals surface area (Å²) in [7, 11) is 0. The summed E-state index contributed by atoms with van der Waals surface area (Å²) in [6.45, 7) is 3.62. The van der Waals surface area contributed by atoms with E-state index in [0.29, 0.717) is 27.7 Å². The summed E-state index contributed by atoms with van der Waals surface area (Å²) in [6.07, 6.45) is 3.28. The highest BCUT2D eigenvalue weighted by atomic mass is 32.2. The lowest BCUT2D eigenvalue weighted by Crippen LogP contribution is -2.17. The molecule has 4 heterocycles. The van der Waals surface area contributed by atoms with Crippen molar-refractivity contribution in [2.45, 2.75) is 31.2 Å². The van der Waals surface area contributed by atoms with Crippen LogP contribution in [0, 0.1) is 13.8 Å². The lowest BCUT2D eigenvalue weighted by Gasteiger charge is -2.09. The number of esters is 1. The van der Waals surface area contributed by atoms with Gasteiger partial charge in [0.05, 0.1) is 17.0 Å². The number of carbonyl (C=O) groups is 1. The van der Waals surface area contributed by atoms with Gasteiger partial charge in [0.1, 0.15) is 23.0 Å². The molecule has 4 rings (SSSR count). The number of thioether (sulfide) groups is 1. The molecule has 0 aromatic carbocycles. The van der Waals surface area contributed by atoms with Gasteiger partial charge in [-0.15, -0.1) is 0 Å². The van der Waals surface area contributed by atoms with E-state index < -0.39 is 5.97 Å². The summed E-state index contributed by atoms with van der Waals surface area (Å²) in [4.78, 5) is 33.6. The van der Waals surface area contributed by atoms with Crippen molar-refractivity contribution < 1.29 is 14.1 Å². The van der Waals surface area contributed by atoms with Gasteiger partial charge in [0.15, 0.2) is 0 Å². The molecule has 0 spiro atoms. The normalized spacial score (nSPS) is 11.0. The topological polar surface area (TPSA) is 99.6 Å². The monoisotopic (exact) mass is 422 g/mol. The molecule has 0 aliphatic heterocycles. The standard InChI is InChI=1S/C21H18N4O4S/c1-13-5-7-25-18(8-13)23-15(10-19(25)26)11-28-21(27)17-4-3-6-22-20(17)30-12-16-9-14(2)29-24-16/h3-10H,11-12H2,1-2H3. The van der Waals surface area contributed by atoms with Gasteiger partial charge in [-0.05, 0) is 43.7 Å². The molecule has 4 aromatic heterocycles. The Balaban J connectivity index is 1.48. The molecule has 30 heavy (non-hydrogen) atoms. The van der Waals surface area contributed by atoms with Gasteiger partial charge in [-0.25, -0.2) is 14.8 Å². The second-order valence-electron chi connectivity index (χ2n) is 6.67. The van der Waals surface area contributed by atoms with Crippen molar-refractivity contribution in [2.75, 3.05) is 0 Å². The minimum atomic E-state index is -0.534. The number of aromatic nitrogens is 4. The van der Waals surface area contributed by atoms with Crippen LogP contribution < -0.4 is 5.56 Å². The Bertz CT molecular complexity index is 1280. The van der Waals surface area contributed by atoms with Gasteiger partial charge in [-0.1, -0.05) is 16.9 Å². The van der Waals surface area contributed by atoms with E-state index >= 15 is 0 Å². The first kappa shape index (κ1) is 19.8. The van der Waals surface area contributed by atoms with E-state index in [-0.39, 0.29) is 12.2 Å². The maximum atomic E-state index is 12.6. The first-order chi connectivity index (χ1) is 14.5. The zero-order valence-electron chi connectivity index (χ0n) is 16.4. The number of fused-ring (bicyclic) bond motifs is 1. The molecule has 0 fully saturated rings. The highest BCUT2D eigenvalue weighted by Crippen LogP contribution is 2.24. The molecular formula is C21H18N4O4S. The van der Waals surface area contributed by atoms with Crippen molar-refractivity contribution in [1.82, 2.24) is 19.5 Å². The van der Waals surface area contributed by atoms with Gasteiger partial charge in [0, 0.05) is 30.3 Å². The van der Waals surface area contributed by atoms with Crippen LogP contribution in [0.2, 0.25) is 0 Å². The number of rotatable bonds is 6. The summed E-state index contributed by atoms with van der Waals surface area (Å²) in [5, 5.41) is 4.47. The first-order valence-corrected chi connectivity index (χ1v) is 10.1. The number of ether oxygens (including phenoxy) is 1. The minimum Gasteiger partial charge on any atom is -0.456 e. The van der Waals surface area contributed by atoms with E-state index in [1.54, 1.807) is 30.6 Å². The fourth-order valence-corrected chi connectivity index (χ4v) is 3.70. The van der Waals surface area contributed by atoms with Crippen molar-refractivity contribution in [1.29, 1.82) is 0 Å². The summed E-state index contributed by atoms with van der Waals surface area (Å²) in [6, 6.07) is 10.1. The number of hydrogen-bond acceptors (Lipinski definition) is 8. The molecule has 0 amide bonds. The number of nitrogens with zero attached hydrogens (tertiary/aromatic N) is 4. The quantitative estimate of drug-likeness (QED) is 0.345. The molecule has 0 radical (unpaired) electrons. The molecule has 0 saturated carbocycles. The van der Waals surface area contributed by atoms with Crippen LogP contribution >= 0.6 is 11.8 Å². The zero-order chi connectivity index (χ0) is 21.1. The Hall–Kier alpha value is -3.46. The lowest BCUT2D eigenvalue weighted by atomic mass is 10.3. The SMILES string of the molecule is Cc1ccn2c(=O)cc(COC(=O)c3cccnc3SCc3cc(C)on3)nc2c1. The van der Waals surface area contributed by atoms with Crippen LogP contribution in [0.1, 0.15) is 33.1 Å². The molecule has 0 bridgehead atoms. The van der Waals surface area contributed by atoms with E-state index in [0.717, 1.165) is 17.0 Å². The smallest absolute Gasteiger partial charge is 0.341 e. The summed E-state index contributed by atoms with van der Waals surface area (Å²) in [5.41, 5.74) is 2.75. The van der Waals surface area contributed by atoms with Crippen molar-refractivity contribution in [3.8, 4) is 0 Å². The number of carbonyl (C=O) groups excluding carboxylic acids is 1. The Morgan fingerprint density at radius 1 is 1.20 bits per heavy atom. The minimum absolute atomic E-state index is 0.111. The van der Waals surface area contributed by atoms with Gasteiger partial charge < -0.3 is 9.26 Å². The maximum Gasteiger partial charge on any atom is 0.341 e. The predicted molar refractivity (Wildman–Crippen MR) is 110 cm³/mol. The van der Waals surface area contributed by atoms with E-state index in [1.165, 1.54) is 22.2 Å². The van der Waals surface area contributed by atoms with Crippen LogP contribution in [0.5, 0.6) is 0 Å². The Labute approximate surface area is 175 Å².